The van der Waals surface area contributed by atoms with E-state index in [1.807, 2.05) is 60.7 Å². The molecule has 0 spiro atoms. The summed E-state index contributed by atoms with van der Waals surface area (Å²) < 4.78 is 0. The number of hydrogen-bond acceptors (Lipinski definition) is 4. The van der Waals surface area contributed by atoms with Gasteiger partial charge in [-0.2, -0.15) is 0 Å². The summed E-state index contributed by atoms with van der Waals surface area (Å²) in [4.78, 5) is 25.7. The smallest absolute Gasteiger partial charge is 0.323 e. The van der Waals surface area contributed by atoms with Crippen LogP contribution in [-0.2, 0) is 9.59 Å². The maximum absolute atomic E-state index is 11.1. The van der Waals surface area contributed by atoms with Crippen LogP contribution in [0.5, 0.6) is 0 Å². The molecular formula is C18H20N2O4. The summed E-state index contributed by atoms with van der Waals surface area (Å²) >= 11 is 0. The normalized spacial score (nSPS) is 10.2. The van der Waals surface area contributed by atoms with Crippen molar-refractivity contribution in [3.8, 4) is 0 Å². The molecule has 0 aliphatic heterocycles. The third kappa shape index (κ3) is 5.31. The zero-order valence-electron chi connectivity index (χ0n) is 13.2. The molecule has 0 amide bonds. The molecule has 0 aliphatic rings. The second-order valence-electron chi connectivity index (χ2n) is 5.30. The van der Waals surface area contributed by atoms with Gasteiger partial charge in [-0.1, -0.05) is 36.4 Å². The van der Waals surface area contributed by atoms with Crippen LogP contribution < -0.4 is 9.80 Å². The van der Waals surface area contributed by atoms with E-state index in [-0.39, 0.29) is 13.1 Å². The van der Waals surface area contributed by atoms with E-state index in [1.54, 1.807) is 9.80 Å². The molecule has 0 aliphatic carbocycles. The summed E-state index contributed by atoms with van der Waals surface area (Å²) in [6.45, 7) is 0.524. The molecular weight excluding hydrogens is 308 g/mol. The second kappa shape index (κ2) is 8.57. The van der Waals surface area contributed by atoms with E-state index >= 15 is 0 Å². The maximum atomic E-state index is 11.1. The molecule has 2 N–H and O–H groups in total. The van der Waals surface area contributed by atoms with Crippen LogP contribution in [0.1, 0.15) is 0 Å². The van der Waals surface area contributed by atoms with Gasteiger partial charge in [-0.05, 0) is 24.3 Å². The van der Waals surface area contributed by atoms with Gasteiger partial charge in [-0.15, -0.1) is 0 Å². The standard InChI is InChI=1S/C18H20N2O4/c21-17(22)13-19(15-7-3-1-4-8-15)11-12-20(14-18(23)24)16-9-5-2-6-10-16/h1-10H,11-14H2,(H,21,22)(H,23,24). The maximum Gasteiger partial charge on any atom is 0.323 e. The summed E-state index contributed by atoms with van der Waals surface area (Å²) in [5, 5.41) is 18.2. The van der Waals surface area contributed by atoms with Crippen molar-refractivity contribution >= 4 is 23.3 Å². The average molecular weight is 328 g/mol. The van der Waals surface area contributed by atoms with Crippen molar-refractivity contribution in [1.82, 2.24) is 0 Å². The van der Waals surface area contributed by atoms with Crippen molar-refractivity contribution in [3.05, 3.63) is 60.7 Å². The summed E-state index contributed by atoms with van der Waals surface area (Å²) in [7, 11) is 0. The molecule has 126 valence electrons. The van der Waals surface area contributed by atoms with E-state index in [0.717, 1.165) is 11.4 Å². The summed E-state index contributed by atoms with van der Waals surface area (Å²) in [6, 6.07) is 18.5. The Morgan fingerprint density at radius 3 is 1.29 bits per heavy atom. The van der Waals surface area contributed by atoms with Crippen LogP contribution in [0.15, 0.2) is 60.7 Å². The number of hydrogen-bond donors (Lipinski definition) is 2. The third-order valence-electron chi connectivity index (χ3n) is 3.53. The van der Waals surface area contributed by atoms with Crippen LogP contribution in [0, 0.1) is 0 Å². The van der Waals surface area contributed by atoms with Gasteiger partial charge in [0.15, 0.2) is 0 Å². The van der Waals surface area contributed by atoms with Crippen molar-refractivity contribution in [2.75, 3.05) is 36.0 Å². The molecule has 2 rings (SSSR count). The number of carboxylic acids is 2. The lowest BCUT2D eigenvalue weighted by Gasteiger charge is -2.28. The Morgan fingerprint density at radius 1 is 0.667 bits per heavy atom. The summed E-state index contributed by atoms with van der Waals surface area (Å²) in [6.07, 6.45) is 0. The minimum Gasteiger partial charge on any atom is -0.480 e. The fourth-order valence-electron chi connectivity index (χ4n) is 2.44. The molecule has 0 heterocycles. The highest BCUT2D eigenvalue weighted by Crippen LogP contribution is 2.16. The molecule has 0 aromatic heterocycles. The Balaban J connectivity index is 2.12. The lowest BCUT2D eigenvalue weighted by atomic mass is 10.2. The zero-order chi connectivity index (χ0) is 17.4. The Morgan fingerprint density at radius 2 is 1.00 bits per heavy atom. The van der Waals surface area contributed by atoms with E-state index in [2.05, 4.69) is 0 Å². The Bertz CT molecular complexity index is 602. The van der Waals surface area contributed by atoms with Gasteiger partial charge in [0.05, 0.1) is 0 Å². The van der Waals surface area contributed by atoms with E-state index in [0.29, 0.717) is 13.1 Å². The predicted molar refractivity (Wildman–Crippen MR) is 92.6 cm³/mol. The van der Waals surface area contributed by atoms with Crippen molar-refractivity contribution < 1.29 is 19.8 Å². The number of carbonyl (C=O) groups is 2. The minimum atomic E-state index is -0.927. The Kier molecular flexibility index (Phi) is 6.19. The first kappa shape index (κ1) is 17.3. The number of nitrogens with zero attached hydrogens (tertiary/aromatic N) is 2. The van der Waals surface area contributed by atoms with E-state index < -0.39 is 11.9 Å². The molecule has 6 nitrogen and oxygen atoms in total. The third-order valence-corrected chi connectivity index (χ3v) is 3.53. The fourth-order valence-corrected chi connectivity index (χ4v) is 2.44. The van der Waals surface area contributed by atoms with Crippen molar-refractivity contribution in [2.45, 2.75) is 0 Å². The molecule has 0 saturated heterocycles. The number of carboxylic acid groups (broad SMARTS) is 2. The van der Waals surface area contributed by atoms with Gasteiger partial charge in [0.1, 0.15) is 13.1 Å². The number of para-hydroxylation sites is 2. The van der Waals surface area contributed by atoms with Gasteiger partial charge in [0.2, 0.25) is 0 Å². The first-order valence-electron chi connectivity index (χ1n) is 7.60. The minimum absolute atomic E-state index is 0.139. The van der Waals surface area contributed by atoms with Crippen LogP contribution >= 0.6 is 0 Å². The lowest BCUT2D eigenvalue weighted by molar-refractivity contribution is -0.136. The van der Waals surface area contributed by atoms with Gasteiger partial charge >= 0.3 is 11.9 Å². The van der Waals surface area contributed by atoms with Gasteiger partial charge in [0, 0.05) is 24.5 Å². The van der Waals surface area contributed by atoms with E-state index in [4.69, 9.17) is 10.2 Å². The highest BCUT2D eigenvalue weighted by Gasteiger charge is 2.15. The highest BCUT2D eigenvalue weighted by molar-refractivity contribution is 5.75. The molecule has 6 heteroatoms. The van der Waals surface area contributed by atoms with E-state index in [1.165, 1.54) is 0 Å². The molecule has 0 radical (unpaired) electrons. The van der Waals surface area contributed by atoms with Gasteiger partial charge in [0.25, 0.3) is 0 Å². The average Bonchev–Trinajstić information content (AvgIpc) is 2.58. The SMILES string of the molecule is O=C(O)CN(CCN(CC(=O)O)c1ccccc1)c1ccccc1. The van der Waals surface area contributed by atoms with Gasteiger partial charge in [-0.3, -0.25) is 9.59 Å². The molecule has 0 fully saturated rings. The summed E-state index contributed by atoms with van der Waals surface area (Å²) in [5.41, 5.74) is 1.59. The second-order valence-corrected chi connectivity index (χ2v) is 5.30. The lowest BCUT2D eigenvalue weighted by Crippen LogP contribution is -2.40. The van der Waals surface area contributed by atoms with Crippen LogP contribution in [-0.4, -0.2) is 48.3 Å². The Hall–Kier alpha value is -3.02. The number of aliphatic carboxylic acids is 2. The van der Waals surface area contributed by atoms with Gasteiger partial charge < -0.3 is 20.0 Å². The van der Waals surface area contributed by atoms with Gasteiger partial charge in [-0.25, -0.2) is 0 Å². The topological polar surface area (TPSA) is 81.1 Å². The Labute approximate surface area is 140 Å². The van der Waals surface area contributed by atoms with E-state index in [9.17, 15) is 9.59 Å². The van der Waals surface area contributed by atoms with Crippen molar-refractivity contribution in [3.63, 3.8) is 0 Å². The highest BCUT2D eigenvalue weighted by atomic mass is 16.4. The largest absolute Gasteiger partial charge is 0.480 e. The monoisotopic (exact) mass is 328 g/mol. The van der Waals surface area contributed by atoms with Crippen molar-refractivity contribution in [1.29, 1.82) is 0 Å². The van der Waals surface area contributed by atoms with Crippen LogP contribution in [0.4, 0.5) is 11.4 Å². The zero-order valence-corrected chi connectivity index (χ0v) is 13.2. The molecule has 24 heavy (non-hydrogen) atoms. The predicted octanol–water partition coefficient (Wildman–Crippen LogP) is 2.17. The first-order valence-corrected chi connectivity index (χ1v) is 7.60. The molecule has 0 bridgehead atoms. The summed E-state index contributed by atoms with van der Waals surface area (Å²) in [5.74, 6) is -1.85. The molecule has 0 saturated carbocycles. The molecule has 0 unspecified atom stereocenters. The fraction of sp³-hybridized carbons (Fsp3) is 0.222. The number of benzene rings is 2. The first-order chi connectivity index (χ1) is 11.6. The quantitative estimate of drug-likeness (QED) is 0.734. The molecule has 0 atom stereocenters. The number of rotatable bonds is 9. The van der Waals surface area contributed by atoms with Crippen LogP contribution in [0.25, 0.3) is 0 Å². The van der Waals surface area contributed by atoms with Crippen LogP contribution in [0.3, 0.4) is 0 Å². The van der Waals surface area contributed by atoms with Crippen LogP contribution in [0.2, 0.25) is 0 Å². The molecule has 2 aromatic carbocycles. The van der Waals surface area contributed by atoms with Crippen molar-refractivity contribution in [2.24, 2.45) is 0 Å². The molecule has 2 aromatic rings. The number of anilines is 2.